The molecule has 2 aliphatic rings. The van der Waals surface area contributed by atoms with Crippen LogP contribution in [0.2, 0.25) is 0 Å². The summed E-state index contributed by atoms with van der Waals surface area (Å²) in [5, 5.41) is 0. The summed E-state index contributed by atoms with van der Waals surface area (Å²) in [6.07, 6.45) is 6.06. The fourth-order valence-corrected chi connectivity index (χ4v) is 2.95. The lowest BCUT2D eigenvalue weighted by Gasteiger charge is -2.43. The van der Waals surface area contributed by atoms with Gasteiger partial charge in [0.1, 0.15) is 0 Å². The van der Waals surface area contributed by atoms with E-state index in [0.29, 0.717) is 0 Å². The lowest BCUT2D eigenvalue weighted by atomic mass is 9.85. The molecule has 0 atom stereocenters. The molecule has 2 saturated heterocycles. The van der Waals surface area contributed by atoms with Crippen LogP contribution < -0.4 is 0 Å². The van der Waals surface area contributed by atoms with Gasteiger partial charge in [-0.3, -0.25) is 4.79 Å². The molecule has 84 valence electrons. The number of carbonyl (C=O) groups is 1. The summed E-state index contributed by atoms with van der Waals surface area (Å²) in [6, 6.07) is 0. The fourth-order valence-electron chi connectivity index (χ4n) is 2.95. The Morgan fingerprint density at radius 3 is 2.53 bits per heavy atom. The number of amides is 1. The van der Waals surface area contributed by atoms with Crippen LogP contribution in [0, 0.1) is 0 Å². The van der Waals surface area contributed by atoms with Crippen molar-refractivity contribution in [2.75, 3.05) is 26.7 Å². The van der Waals surface area contributed by atoms with Gasteiger partial charge < -0.3 is 9.80 Å². The van der Waals surface area contributed by atoms with E-state index in [9.17, 15) is 4.79 Å². The Labute approximate surface area is 91.7 Å². The van der Waals surface area contributed by atoms with Crippen LogP contribution in [0.4, 0.5) is 0 Å². The molecule has 2 rings (SSSR count). The van der Waals surface area contributed by atoms with Crippen molar-refractivity contribution >= 4 is 5.91 Å². The molecule has 3 heteroatoms. The molecule has 3 nitrogen and oxygen atoms in total. The van der Waals surface area contributed by atoms with E-state index in [1.54, 1.807) is 0 Å². The summed E-state index contributed by atoms with van der Waals surface area (Å²) in [5.74, 6) is 0.122. The van der Waals surface area contributed by atoms with Crippen LogP contribution in [-0.2, 0) is 4.79 Å². The zero-order chi connectivity index (χ0) is 10.9. The number of rotatable bonds is 1. The van der Waals surface area contributed by atoms with Gasteiger partial charge in [0.2, 0.25) is 5.91 Å². The minimum Gasteiger partial charge on any atom is -0.333 e. The standard InChI is InChI=1S/C12H20N2O/c1-3-11(15)14-8-4-5-12(14)6-9-13(2)10-7-12/h3H,1,4-10H2,2H3. The monoisotopic (exact) mass is 208 g/mol. The average Bonchev–Trinajstić information content (AvgIpc) is 2.66. The van der Waals surface area contributed by atoms with Gasteiger partial charge in [0.05, 0.1) is 0 Å². The minimum absolute atomic E-state index is 0.122. The second-order valence-electron chi connectivity index (χ2n) is 4.83. The van der Waals surface area contributed by atoms with Crippen LogP contribution in [-0.4, -0.2) is 47.9 Å². The molecule has 1 spiro atoms. The molecule has 2 fully saturated rings. The summed E-state index contributed by atoms with van der Waals surface area (Å²) in [4.78, 5) is 16.2. The van der Waals surface area contributed by atoms with Crippen LogP contribution in [0.5, 0.6) is 0 Å². The Morgan fingerprint density at radius 1 is 1.27 bits per heavy atom. The molecule has 0 saturated carbocycles. The molecule has 0 aliphatic carbocycles. The predicted molar refractivity (Wildman–Crippen MR) is 60.6 cm³/mol. The maximum Gasteiger partial charge on any atom is 0.246 e. The summed E-state index contributed by atoms with van der Waals surface area (Å²) >= 11 is 0. The highest BCUT2D eigenvalue weighted by atomic mass is 16.2. The highest BCUT2D eigenvalue weighted by molar-refractivity contribution is 5.87. The summed E-state index contributed by atoms with van der Waals surface area (Å²) < 4.78 is 0. The zero-order valence-electron chi connectivity index (χ0n) is 9.54. The van der Waals surface area contributed by atoms with E-state index in [0.717, 1.165) is 38.9 Å². The van der Waals surface area contributed by atoms with Crippen molar-refractivity contribution in [2.45, 2.75) is 31.2 Å². The van der Waals surface area contributed by atoms with Gasteiger partial charge in [-0.05, 0) is 38.8 Å². The fraction of sp³-hybridized carbons (Fsp3) is 0.750. The lowest BCUT2D eigenvalue weighted by molar-refractivity contribution is -0.131. The second-order valence-corrected chi connectivity index (χ2v) is 4.83. The molecule has 15 heavy (non-hydrogen) atoms. The molecule has 0 aromatic heterocycles. The first kappa shape index (κ1) is 10.7. The predicted octanol–water partition coefficient (Wildman–Crippen LogP) is 1.26. The molecule has 0 unspecified atom stereocenters. The Morgan fingerprint density at radius 2 is 1.93 bits per heavy atom. The maximum atomic E-state index is 11.8. The Bertz CT molecular complexity index is 267. The molecular formula is C12H20N2O. The van der Waals surface area contributed by atoms with Crippen LogP contribution in [0.1, 0.15) is 25.7 Å². The zero-order valence-corrected chi connectivity index (χ0v) is 9.54. The van der Waals surface area contributed by atoms with Crippen LogP contribution in [0.25, 0.3) is 0 Å². The molecule has 0 radical (unpaired) electrons. The van der Waals surface area contributed by atoms with Gasteiger partial charge in [0, 0.05) is 25.2 Å². The topological polar surface area (TPSA) is 23.6 Å². The molecule has 1 amide bonds. The van der Waals surface area contributed by atoms with E-state index in [4.69, 9.17) is 0 Å². The van der Waals surface area contributed by atoms with E-state index in [1.807, 2.05) is 0 Å². The number of hydrogen-bond acceptors (Lipinski definition) is 2. The average molecular weight is 208 g/mol. The normalized spacial score (nSPS) is 25.8. The highest BCUT2D eigenvalue weighted by Crippen LogP contribution is 2.38. The molecule has 2 heterocycles. The van der Waals surface area contributed by atoms with Crippen LogP contribution in [0.3, 0.4) is 0 Å². The molecular weight excluding hydrogens is 188 g/mol. The smallest absolute Gasteiger partial charge is 0.246 e. The van der Waals surface area contributed by atoms with Crippen molar-refractivity contribution in [3.63, 3.8) is 0 Å². The first-order valence-corrected chi connectivity index (χ1v) is 5.80. The van der Waals surface area contributed by atoms with E-state index in [2.05, 4.69) is 23.4 Å². The third-order valence-electron chi connectivity index (χ3n) is 3.95. The van der Waals surface area contributed by atoms with Gasteiger partial charge in [0.25, 0.3) is 0 Å². The van der Waals surface area contributed by atoms with E-state index in [-0.39, 0.29) is 11.4 Å². The summed E-state index contributed by atoms with van der Waals surface area (Å²) in [7, 11) is 2.15. The second kappa shape index (κ2) is 3.97. The molecule has 0 N–H and O–H groups in total. The Balaban J connectivity index is 2.12. The first-order valence-electron chi connectivity index (χ1n) is 5.80. The van der Waals surface area contributed by atoms with Crippen LogP contribution in [0.15, 0.2) is 12.7 Å². The largest absolute Gasteiger partial charge is 0.333 e. The number of piperidine rings is 1. The molecule has 0 aromatic rings. The van der Waals surface area contributed by atoms with E-state index < -0.39 is 0 Å². The SMILES string of the molecule is C=CC(=O)N1CCCC12CCN(C)CC2. The maximum absolute atomic E-state index is 11.8. The molecule has 0 aromatic carbocycles. The highest BCUT2D eigenvalue weighted by Gasteiger charge is 2.43. The van der Waals surface area contributed by atoms with Gasteiger partial charge >= 0.3 is 0 Å². The van der Waals surface area contributed by atoms with Crippen molar-refractivity contribution in [1.29, 1.82) is 0 Å². The minimum atomic E-state index is 0.122. The van der Waals surface area contributed by atoms with Crippen molar-refractivity contribution in [2.24, 2.45) is 0 Å². The lowest BCUT2D eigenvalue weighted by Crippen LogP contribution is -2.53. The van der Waals surface area contributed by atoms with Gasteiger partial charge in [0.15, 0.2) is 0 Å². The third kappa shape index (κ3) is 1.81. The van der Waals surface area contributed by atoms with Gasteiger partial charge in [-0.15, -0.1) is 0 Å². The van der Waals surface area contributed by atoms with Crippen molar-refractivity contribution < 1.29 is 4.79 Å². The third-order valence-corrected chi connectivity index (χ3v) is 3.95. The van der Waals surface area contributed by atoms with Gasteiger partial charge in [-0.1, -0.05) is 6.58 Å². The quantitative estimate of drug-likeness (QED) is 0.606. The number of nitrogens with zero attached hydrogens (tertiary/aromatic N) is 2. The Kier molecular flexibility index (Phi) is 2.83. The molecule has 2 aliphatic heterocycles. The van der Waals surface area contributed by atoms with Crippen molar-refractivity contribution in [3.05, 3.63) is 12.7 Å². The Hall–Kier alpha value is -0.830. The molecule has 0 bridgehead atoms. The number of carbonyl (C=O) groups excluding carboxylic acids is 1. The number of hydrogen-bond donors (Lipinski definition) is 0. The summed E-state index contributed by atoms with van der Waals surface area (Å²) in [6.45, 7) is 6.75. The van der Waals surface area contributed by atoms with Crippen molar-refractivity contribution in [1.82, 2.24) is 9.80 Å². The first-order chi connectivity index (χ1) is 7.18. The van der Waals surface area contributed by atoms with Gasteiger partial charge in [-0.25, -0.2) is 0 Å². The van der Waals surface area contributed by atoms with Gasteiger partial charge in [-0.2, -0.15) is 0 Å². The van der Waals surface area contributed by atoms with Crippen LogP contribution >= 0.6 is 0 Å². The van der Waals surface area contributed by atoms with Crippen molar-refractivity contribution in [3.8, 4) is 0 Å². The van der Waals surface area contributed by atoms with E-state index >= 15 is 0 Å². The van der Waals surface area contributed by atoms with E-state index in [1.165, 1.54) is 12.5 Å². The summed E-state index contributed by atoms with van der Waals surface area (Å²) in [5.41, 5.74) is 0.164. The number of likely N-dealkylation sites (tertiary alicyclic amines) is 2.